The van der Waals surface area contributed by atoms with Crippen molar-refractivity contribution in [1.82, 2.24) is 5.32 Å². The van der Waals surface area contributed by atoms with Crippen LogP contribution in [0, 0.1) is 12.3 Å². The molecule has 0 saturated heterocycles. The Bertz CT molecular complexity index is 182. The fourth-order valence-corrected chi connectivity index (χ4v) is 0.876. The lowest BCUT2D eigenvalue weighted by Crippen LogP contribution is -2.34. The Morgan fingerprint density at radius 2 is 2.31 bits per heavy atom. The van der Waals surface area contributed by atoms with E-state index >= 15 is 0 Å². The minimum Gasteiger partial charge on any atom is -0.355 e. The fourth-order valence-electron chi connectivity index (χ4n) is 0.876. The molecule has 0 radical (unpaired) electrons. The number of hydrogen-bond acceptors (Lipinski definition) is 2. The van der Waals surface area contributed by atoms with Crippen molar-refractivity contribution >= 4 is 5.91 Å². The van der Waals surface area contributed by atoms with Gasteiger partial charge in [-0.1, -0.05) is 0 Å². The molecule has 1 atom stereocenters. The van der Waals surface area contributed by atoms with Gasteiger partial charge in [0.15, 0.2) is 0 Å². The van der Waals surface area contributed by atoms with Gasteiger partial charge in [0.25, 0.3) is 0 Å². The number of nitrogens with two attached hydrogens (primary N) is 1. The average molecular weight is 182 g/mol. The molecule has 0 saturated carbocycles. The van der Waals surface area contributed by atoms with E-state index in [0.717, 1.165) is 19.3 Å². The Labute approximate surface area is 80.1 Å². The number of amides is 1. The minimum atomic E-state index is 0.0228. The summed E-state index contributed by atoms with van der Waals surface area (Å²) in [5.41, 5.74) is 5.48. The molecular formula is C10H18N2O. The van der Waals surface area contributed by atoms with Crippen LogP contribution in [0.2, 0.25) is 0 Å². The first-order valence-corrected chi connectivity index (χ1v) is 4.62. The van der Waals surface area contributed by atoms with E-state index in [2.05, 4.69) is 11.2 Å². The van der Waals surface area contributed by atoms with Crippen molar-refractivity contribution in [3.63, 3.8) is 0 Å². The maximum atomic E-state index is 11.1. The molecule has 0 bridgehead atoms. The first kappa shape index (κ1) is 12.0. The smallest absolute Gasteiger partial charge is 0.220 e. The van der Waals surface area contributed by atoms with Gasteiger partial charge in [-0.25, -0.2) is 0 Å². The number of carbonyl (C=O) groups is 1. The van der Waals surface area contributed by atoms with E-state index < -0.39 is 0 Å². The lowest BCUT2D eigenvalue weighted by molar-refractivity contribution is -0.121. The largest absolute Gasteiger partial charge is 0.355 e. The molecule has 0 aliphatic carbocycles. The van der Waals surface area contributed by atoms with Crippen molar-refractivity contribution in [2.75, 3.05) is 6.54 Å². The summed E-state index contributed by atoms with van der Waals surface area (Å²) in [7, 11) is 0. The summed E-state index contributed by atoms with van der Waals surface area (Å²) in [5.74, 6) is 2.60. The van der Waals surface area contributed by atoms with Gasteiger partial charge in [-0.15, -0.1) is 12.3 Å². The summed E-state index contributed by atoms with van der Waals surface area (Å²) in [4.78, 5) is 11.1. The Morgan fingerprint density at radius 3 is 2.85 bits per heavy atom. The van der Waals surface area contributed by atoms with Crippen molar-refractivity contribution in [1.29, 1.82) is 0 Å². The molecule has 1 amide bonds. The molecular weight excluding hydrogens is 164 g/mol. The number of carbonyl (C=O) groups excluding carboxylic acids is 1. The van der Waals surface area contributed by atoms with Crippen molar-refractivity contribution in [3.8, 4) is 12.3 Å². The highest BCUT2D eigenvalue weighted by Gasteiger charge is 2.00. The van der Waals surface area contributed by atoms with Crippen LogP contribution < -0.4 is 11.1 Å². The summed E-state index contributed by atoms with van der Waals surface area (Å²) < 4.78 is 0. The number of terminal acetylenes is 1. The second-order valence-electron chi connectivity index (χ2n) is 3.19. The topological polar surface area (TPSA) is 55.1 Å². The van der Waals surface area contributed by atoms with Gasteiger partial charge in [0.2, 0.25) is 5.91 Å². The van der Waals surface area contributed by atoms with Crippen molar-refractivity contribution in [2.45, 2.75) is 38.6 Å². The maximum absolute atomic E-state index is 11.1. The van der Waals surface area contributed by atoms with Crippen LogP contribution >= 0.6 is 0 Å². The van der Waals surface area contributed by atoms with Crippen LogP contribution in [0.25, 0.3) is 0 Å². The van der Waals surface area contributed by atoms with Gasteiger partial charge in [0.1, 0.15) is 0 Å². The molecule has 1 unspecified atom stereocenters. The fraction of sp³-hybridized carbons (Fsp3) is 0.700. The first-order chi connectivity index (χ1) is 6.16. The van der Waals surface area contributed by atoms with E-state index in [1.54, 1.807) is 0 Å². The molecule has 0 heterocycles. The molecule has 3 heteroatoms. The lowest BCUT2D eigenvalue weighted by Gasteiger charge is -2.06. The van der Waals surface area contributed by atoms with Crippen molar-refractivity contribution in [2.24, 2.45) is 5.73 Å². The van der Waals surface area contributed by atoms with Gasteiger partial charge in [-0.05, 0) is 19.8 Å². The molecule has 0 aromatic heterocycles. The summed E-state index contributed by atoms with van der Waals surface area (Å²) in [6, 6.07) is 0.0228. The van der Waals surface area contributed by atoms with Gasteiger partial charge < -0.3 is 11.1 Å². The van der Waals surface area contributed by atoms with Crippen molar-refractivity contribution < 1.29 is 4.79 Å². The zero-order chi connectivity index (χ0) is 10.1. The standard InChI is InChI=1S/C10H18N2O/c1-3-4-5-6-7-10(13)12-8-9(2)11/h1,9H,4-8,11H2,2H3,(H,12,13). The van der Waals surface area contributed by atoms with E-state index in [9.17, 15) is 4.79 Å². The van der Waals surface area contributed by atoms with Crippen LogP contribution in [-0.4, -0.2) is 18.5 Å². The molecule has 3 N–H and O–H groups in total. The summed E-state index contributed by atoms with van der Waals surface area (Å²) in [5, 5.41) is 2.74. The van der Waals surface area contributed by atoms with Gasteiger partial charge in [-0.3, -0.25) is 4.79 Å². The molecule has 0 rings (SSSR count). The highest BCUT2D eigenvalue weighted by Crippen LogP contribution is 1.97. The molecule has 3 nitrogen and oxygen atoms in total. The molecule has 0 aromatic carbocycles. The highest BCUT2D eigenvalue weighted by atomic mass is 16.1. The minimum absolute atomic E-state index is 0.0228. The second-order valence-corrected chi connectivity index (χ2v) is 3.19. The zero-order valence-corrected chi connectivity index (χ0v) is 8.18. The van der Waals surface area contributed by atoms with Crippen molar-refractivity contribution in [3.05, 3.63) is 0 Å². The first-order valence-electron chi connectivity index (χ1n) is 4.62. The molecule has 0 aromatic rings. The normalized spacial score (nSPS) is 11.8. The van der Waals surface area contributed by atoms with E-state index in [0.29, 0.717) is 13.0 Å². The van der Waals surface area contributed by atoms with E-state index in [-0.39, 0.29) is 11.9 Å². The third-order valence-electron chi connectivity index (χ3n) is 1.60. The maximum Gasteiger partial charge on any atom is 0.220 e. The number of nitrogens with one attached hydrogen (secondary N) is 1. The molecule has 0 spiro atoms. The van der Waals surface area contributed by atoms with E-state index in [4.69, 9.17) is 12.2 Å². The Balaban J connectivity index is 3.26. The van der Waals surface area contributed by atoms with Crippen LogP contribution in [0.3, 0.4) is 0 Å². The molecule has 74 valence electrons. The molecule has 0 fully saturated rings. The van der Waals surface area contributed by atoms with Gasteiger partial charge >= 0.3 is 0 Å². The second kappa shape index (κ2) is 7.63. The van der Waals surface area contributed by atoms with Crippen LogP contribution in [0.15, 0.2) is 0 Å². The van der Waals surface area contributed by atoms with Gasteiger partial charge in [0, 0.05) is 25.4 Å². The molecule has 0 aliphatic heterocycles. The zero-order valence-electron chi connectivity index (χ0n) is 8.18. The third kappa shape index (κ3) is 8.90. The lowest BCUT2D eigenvalue weighted by atomic mass is 10.2. The number of unbranched alkanes of at least 4 members (excludes halogenated alkanes) is 2. The summed E-state index contributed by atoms with van der Waals surface area (Å²) in [6.45, 7) is 2.41. The van der Waals surface area contributed by atoms with Crippen LogP contribution in [0.4, 0.5) is 0 Å². The Hall–Kier alpha value is -1.01. The molecule has 0 aliphatic rings. The number of hydrogen-bond donors (Lipinski definition) is 2. The third-order valence-corrected chi connectivity index (χ3v) is 1.60. The Kier molecular flexibility index (Phi) is 7.04. The summed E-state index contributed by atoms with van der Waals surface area (Å²) >= 11 is 0. The van der Waals surface area contributed by atoms with Gasteiger partial charge in [0.05, 0.1) is 0 Å². The van der Waals surface area contributed by atoms with Gasteiger partial charge in [-0.2, -0.15) is 0 Å². The van der Waals surface area contributed by atoms with E-state index in [1.807, 2.05) is 6.92 Å². The number of rotatable bonds is 6. The van der Waals surface area contributed by atoms with Crippen LogP contribution in [-0.2, 0) is 4.79 Å². The van der Waals surface area contributed by atoms with E-state index in [1.165, 1.54) is 0 Å². The SMILES string of the molecule is C#CCCCCC(=O)NCC(C)N. The Morgan fingerprint density at radius 1 is 1.62 bits per heavy atom. The predicted octanol–water partition coefficient (Wildman–Crippen LogP) is 0.643. The highest BCUT2D eigenvalue weighted by molar-refractivity contribution is 5.75. The van der Waals surface area contributed by atoms with Crippen LogP contribution in [0.1, 0.15) is 32.6 Å². The monoisotopic (exact) mass is 182 g/mol. The average Bonchev–Trinajstić information content (AvgIpc) is 2.09. The quantitative estimate of drug-likeness (QED) is 0.468. The molecule has 13 heavy (non-hydrogen) atoms. The van der Waals surface area contributed by atoms with Crippen LogP contribution in [0.5, 0.6) is 0 Å². The summed E-state index contributed by atoms with van der Waals surface area (Å²) in [6.07, 6.45) is 8.15. The predicted molar refractivity (Wildman–Crippen MR) is 54.0 cm³/mol.